The van der Waals surface area contributed by atoms with Crippen molar-refractivity contribution in [2.24, 2.45) is 5.73 Å². The molecule has 0 atom stereocenters. The SMILES string of the molecule is COc1ncnc(-n2ccnc2CCN)c1C. The third-order valence-corrected chi connectivity index (χ3v) is 2.52. The fourth-order valence-corrected chi connectivity index (χ4v) is 1.72. The van der Waals surface area contributed by atoms with Gasteiger partial charge >= 0.3 is 0 Å². The summed E-state index contributed by atoms with van der Waals surface area (Å²) in [5, 5.41) is 0. The molecule has 0 aliphatic carbocycles. The van der Waals surface area contributed by atoms with E-state index in [0.29, 0.717) is 18.8 Å². The van der Waals surface area contributed by atoms with E-state index in [1.165, 1.54) is 6.33 Å². The molecule has 0 bridgehead atoms. The van der Waals surface area contributed by atoms with Crippen molar-refractivity contribution in [1.29, 1.82) is 0 Å². The van der Waals surface area contributed by atoms with Crippen LogP contribution in [0.4, 0.5) is 0 Å². The lowest BCUT2D eigenvalue weighted by atomic mass is 10.3. The van der Waals surface area contributed by atoms with Crippen LogP contribution in [0, 0.1) is 6.92 Å². The highest BCUT2D eigenvalue weighted by atomic mass is 16.5. The van der Waals surface area contributed by atoms with Gasteiger partial charge in [0, 0.05) is 18.8 Å². The van der Waals surface area contributed by atoms with Crippen molar-refractivity contribution in [2.45, 2.75) is 13.3 Å². The van der Waals surface area contributed by atoms with Gasteiger partial charge in [-0.05, 0) is 13.5 Å². The van der Waals surface area contributed by atoms with Crippen LogP contribution in [0.25, 0.3) is 5.82 Å². The number of imidazole rings is 1. The standard InChI is InChI=1S/C11H15N5O/c1-8-10(14-7-15-11(8)17-2)16-6-5-13-9(16)3-4-12/h5-7H,3-4,12H2,1-2H3. The molecule has 2 heterocycles. The minimum atomic E-state index is 0.554. The van der Waals surface area contributed by atoms with E-state index in [-0.39, 0.29) is 0 Å². The summed E-state index contributed by atoms with van der Waals surface area (Å²) < 4.78 is 7.08. The topological polar surface area (TPSA) is 78.9 Å². The molecule has 0 amide bonds. The Labute approximate surface area is 99.5 Å². The second-order valence-electron chi connectivity index (χ2n) is 3.58. The average Bonchev–Trinajstić information content (AvgIpc) is 2.78. The lowest BCUT2D eigenvalue weighted by Crippen LogP contribution is -2.11. The van der Waals surface area contributed by atoms with Gasteiger partial charge in [-0.25, -0.2) is 15.0 Å². The lowest BCUT2D eigenvalue weighted by molar-refractivity contribution is 0.393. The quantitative estimate of drug-likeness (QED) is 0.831. The van der Waals surface area contributed by atoms with E-state index in [4.69, 9.17) is 10.5 Å². The van der Waals surface area contributed by atoms with Gasteiger partial charge in [-0.2, -0.15) is 0 Å². The minimum absolute atomic E-state index is 0.554. The summed E-state index contributed by atoms with van der Waals surface area (Å²) in [7, 11) is 1.59. The van der Waals surface area contributed by atoms with Crippen molar-refractivity contribution >= 4 is 0 Å². The highest BCUT2D eigenvalue weighted by Gasteiger charge is 2.11. The maximum absolute atomic E-state index is 5.55. The zero-order valence-corrected chi connectivity index (χ0v) is 9.92. The third-order valence-electron chi connectivity index (χ3n) is 2.52. The van der Waals surface area contributed by atoms with Crippen molar-refractivity contribution in [2.75, 3.05) is 13.7 Å². The molecule has 90 valence electrons. The molecule has 2 aromatic heterocycles. The molecule has 0 spiro atoms. The van der Waals surface area contributed by atoms with E-state index < -0.39 is 0 Å². The van der Waals surface area contributed by atoms with E-state index in [9.17, 15) is 0 Å². The third kappa shape index (κ3) is 2.12. The monoisotopic (exact) mass is 233 g/mol. The van der Waals surface area contributed by atoms with Crippen LogP contribution in [0.3, 0.4) is 0 Å². The van der Waals surface area contributed by atoms with Crippen LogP contribution in [0.1, 0.15) is 11.4 Å². The predicted molar refractivity (Wildman–Crippen MR) is 63.2 cm³/mol. The van der Waals surface area contributed by atoms with Crippen LogP contribution in [0.5, 0.6) is 5.88 Å². The average molecular weight is 233 g/mol. The molecule has 0 fully saturated rings. The van der Waals surface area contributed by atoms with Gasteiger partial charge in [0.05, 0.1) is 12.7 Å². The Bertz CT molecular complexity index is 508. The zero-order chi connectivity index (χ0) is 12.3. The van der Waals surface area contributed by atoms with Gasteiger partial charge in [-0.15, -0.1) is 0 Å². The summed E-state index contributed by atoms with van der Waals surface area (Å²) in [6.07, 6.45) is 5.78. The fraction of sp³-hybridized carbons (Fsp3) is 0.364. The molecule has 0 aliphatic rings. The van der Waals surface area contributed by atoms with Crippen LogP contribution in [0.15, 0.2) is 18.7 Å². The maximum Gasteiger partial charge on any atom is 0.221 e. The molecule has 0 saturated carbocycles. The Hall–Kier alpha value is -1.95. The Morgan fingerprint density at radius 1 is 1.35 bits per heavy atom. The molecule has 0 saturated heterocycles. The van der Waals surface area contributed by atoms with E-state index in [1.807, 2.05) is 17.7 Å². The summed E-state index contributed by atoms with van der Waals surface area (Å²) in [6, 6.07) is 0. The Balaban J connectivity index is 2.49. The van der Waals surface area contributed by atoms with Gasteiger partial charge in [0.2, 0.25) is 5.88 Å². The van der Waals surface area contributed by atoms with Gasteiger partial charge in [-0.3, -0.25) is 4.57 Å². The molecular weight excluding hydrogens is 218 g/mol. The van der Waals surface area contributed by atoms with Crippen LogP contribution >= 0.6 is 0 Å². The van der Waals surface area contributed by atoms with E-state index >= 15 is 0 Å². The van der Waals surface area contributed by atoms with Crippen molar-refractivity contribution in [3.05, 3.63) is 30.1 Å². The predicted octanol–water partition coefficient (Wildman–Crippen LogP) is 0.481. The van der Waals surface area contributed by atoms with Gasteiger partial charge in [0.25, 0.3) is 0 Å². The summed E-state index contributed by atoms with van der Waals surface area (Å²) >= 11 is 0. The van der Waals surface area contributed by atoms with Crippen LogP contribution in [0.2, 0.25) is 0 Å². The number of methoxy groups -OCH3 is 1. The van der Waals surface area contributed by atoms with Crippen LogP contribution < -0.4 is 10.5 Å². The van der Waals surface area contributed by atoms with Crippen LogP contribution in [-0.2, 0) is 6.42 Å². The number of aromatic nitrogens is 4. The first kappa shape index (κ1) is 11.5. The van der Waals surface area contributed by atoms with Crippen molar-refractivity contribution in [3.63, 3.8) is 0 Å². The molecule has 0 aliphatic heterocycles. The normalized spacial score (nSPS) is 10.5. The fourth-order valence-electron chi connectivity index (χ4n) is 1.72. The summed E-state index contributed by atoms with van der Waals surface area (Å²) in [6.45, 7) is 2.47. The lowest BCUT2D eigenvalue weighted by Gasteiger charge is -2.10. The molecule has 0 unspecified atom stereocenters. The number of hydrogen-bond acceptors (Lipinski definition) is 5. The number of ether oxygens (including phenoxy) is 1. The van der Waals surface area contributed by atoms with Crippen molar-refractivity contribution < 1.29 is 4.74 Å². The minimum Gasteiger partial charge on any atom is -0.481 e. The van der Waals surface area contributed by atoms with E-state index in [2.05, 4.69) is 15.0 Å². The molecular formula is C11H15N5O. The Kier molecular flexibility index (Phi) is 3.34. The molecule has 0 aromatic carbocycles. The number of rotatable bonds is 4. The second kappa shape index (κ2) is 4.92. The van der Waals surface area contributed by atoms with Gasteiger partial charge in [0.1, 0.15) is 18.0 Å². The molecule has 6 nitrogen and oxygen atoms in total. The van der Waals surface area contributed by atoms with Crippen molar-refractivity contribution in [1.82, 2.24) is 19.5 Å². The number of hydrogen-bond donors (Lipinski definition) is 1. The second-order valence-corrected chi connectivity index (χ2v) is 3.58. The molecule has 2 aromatic rings. The summed E-state index contributed by atoms with van der Waals surface area (Å²) in [5.41, 5.74) is 6.43. The largest absolute Gasteiger partial charge is 0.481 e. The number of nitrogens with zero attached hydrogens (tertiary/aromatic N) is 4. The Morgan fingerprint density at radius 3 is 2.88 bits per heavy atom. The van der Waals surface area contributed by atoms with E-state index in [1.54, 1.807) is 13.3 Å². The van der Waals surface area contributed by atoms with Crippen molar-refractivity contribution in [3.8, 4) is 11.7 Å². The Morgan fingerprint density at radius 2 is 2.18 bits per heavy atom. The number of nitrogens with two attached hydrogens (primary N) is 1. The van der Waals surface area contributed by atoms with E-state index in [0.717, 1.165) is 17.2 Å². The first-order chi connectivity index (χ1) is 8.27. The summed E-state index contributed by atoms with van der Waals surface area (Å²) in [5.74, 6) is 2.23. The first-order valence-electron chi connectivity index (χ1n) is 5.36. The van der Waals surface area contributed by atoms with Gasteiger partial charge in [0.15, 0.2) is 0 Å². The van der Waals surface area contributed by atoms with Gasteiger partial charge < -0.3 is 10.5 Å². The van der Waals surface area contributed by atoms with Crippen LogP contribution in [-0.4, -0.2) is 33.2 Å². The molecule has 2 rings (SSSR count). The highest BCUT2D eigenvalue weighted by molar-refractivity contribution is 5.39. The molecule has 0 radical (unpaired) electrons. The summed E-state index contributed by atoms with van der Waals surface area (Å²) in [4.78, 5) is 12.6. The molecule has 2 N–H and O–H groups in total. The molecule has 17 heavy (non-hydrogen) atoms. The first-order valence-corrected chi connectivity index (χ1v) is 5.36. The maximum atomic E-state index is 5.55. The van der Waals surface area contributed by atoms with Gasteiger partial charge in [-0.1, -0.05) is 0 Å². The highest BCUT2D eigenvalue weighted by Crippen LogP contribution is 2.20. The molecule has 6 heteroatoms. The zero-order valence-electron chi connectivity index (χ0n) is 9.92. The smallest absolute Gasteiger partial charge is 0.221 e.